The summed E-state index contributed by atoms with van der Waals surface area (Å²) in [6.07, 6.45) is 1.60. The quantitative estimate of drug-likeness (QED) is 0.836. The average Bonchev–Trinajstić information content (AvgIpc) is 2.22. The normalized spacial score (nSPS) is 11.3. The molecule has 0 spiro atoms. The summed E-state index contributed by atoms with van der Waals surface area (Å²) < 4.78 is 0.915. The molecule has 0 fully saturated rings. The Hall–Kier alpha value is -1.00. The number of nitrogens with one attached hydrogen (secondary N) is 1. The predicted molar refractivity (Wildman–Crippen MR) is 69.0 cm³/mol. The van der Waals surface area contributed by atoms with Gasteiger partial charge in [0, 0.05) is 16.6 Å². The molecule has 1 aromatic rings. The van der Waals surface area contributed by atoms with Crippen LogP contribution >= 0.6 is 27.5 Å². The van der Waals surface area contributed by atoms with E-state index in [1.165, 1.54) is 0 Å². The maximum absolute atomic E-state index is 10.5. The minimum atomic E-state index is -0.915. The lowest BCUT2D eigenvalue weighted by atomic mass is 10.2. The number of aliphatic carboxylic acids is 1. The van der Waals surface area contributed by atoms with Gasteiger partial charge in [0.2, 0.25) is 0 Å². The van der Waals surface area contributed by atoms with E-state index in [1.807, 2.05) is 12.1 Å². The summed E-state index contributed by atoms with van der Waals surface area (Å²) in [5.41, 5.74) is 1.07. The molecule has 0 aliphatic carbocycles. The number of carboxylic acids is 1. The van der Waals surface area contributed by atoms with Crippen molar-refractivity contribution in [3.63, 3.8) is 0 Å². The summed E-state index contributed by atoms with van der Waals surface area (Å²) in [5.74, 6) is -0.915. The molecule has 1 aromatic carbocycles. The average molecular weight is 305 g/mol. The lowest BCUT2D eigenvalue weighted by Gasteiger charge is -2.06. The van der Waals surface area contributed by atoms with Crippen LogP contribution in [0.25, 0.3) is 0 Å². The summed E-state index contributed by atoms with van der Waals surface area (Å²) in [7, 11) is 0. The topological polar surface area (TPSA) is 49.3 Å². The Balaban J connectivity index is 2.65. The minimum Gasteiger partial charge on any atom is -0.478 e. The molecule has 86 valence electrons. The van der Waals surface area contributed by atoms with E-state index in [0.29, 0.717) is 17.1 Å². The number of carboxylic acid groups (broad SMARTS) is 1. The van der Waals surface area contributed by atoms with Crippen LogP contribution in [0.5, 0.6) is 0 Å². The molecule has 0 saturated heterocycles. The Morgan fingerprint density at radius 2 is 2.31 bits per heavy atom. The van der Waals surface area contributed by atoms with Gasteiger partial charge in [-0.3, -0.25) is 0 Å². The first kappa shape index (κ1) is 13.1. The van der Waals surface area contributed by atoms with E-state index in [0.717, 1.165) is 10.2 Å². The molecular formula is C11H11BrClNO2. The fraction of sp³-hybridized carbons (Fsp3) is 0.182. The Morgan fingerprint density at radius 3 is 2.94 bits per heavy atom. The summed E-state index contributed by atoms with van der Waals surface area (Å²) in [6, 6.07) is 5.44. The largest absolute Gasteiger partial charge is 0.478 e. The maximum Gasteiger partial charge on any atom is 0.331 e. The van der Waals surface area contributed by atoms with Gasteiger partial charge in [-0.15, -0.1) is 0 Å². The molecule has 0 aliphatic rings. The molecule has 0 amide bonds. The lowest BCUT2D eigenvalue weighted by Crippen LogP contribution is -2.03. The van der Waals surface area contributed by atoms with Crippen LogP contribution in [0.2, 0.25) is 5.02 Å². The highest BCUT2D eigenvalue weighted by atomic mass is 79.9. The zero-order valence-electron chi connectivity index (χ0n) is 8.63. The number of hydrogen-bond donors (Lipinski definition) is 2. The molecule has 3 nitrogen and oxygen atoms in total. The van der Waals surface area contributed by atoms with E-state index in [9.17, 15) is 4.79 Å². The molecule has 16 heavy (non-hydrogen) atoms. The van der Waals surface area contributed by atoms with Crippen molar-refractivity contribution in [2.24, 2.45) is 0 Å². The van der Waals surface area contributed by atoms with Gasteiger partial charge in [0.15, 0.2) is 0 Å². The van der Waals surface area contributed by atoms with Crippen molar-refractivity contribution in [2.45, 2.75) is 6.92 Å². The molecule has 5 heteroatoms. The molecule has 2 N–H and O–H groups in total. The van der Waals surface area contributed by atoms with E-state index in [4.69, 9.17) is 16.7 Å². The summed E-state index contributed by atoms with van der Waals surface area (Å²) in [4.78, 5) is 10.5. The second kappa shape index (κ2) is 5.92. The number of hydrogen-bond acceptors (Lipinski definition) is 2. The van der Waals surface area contributed by atoms with Crippen molar-refractivity contribution < 1.29 is 9.90 Å². The Bertz CT molecular complexity index is 432. The molecule has 0 saturated carbocycles. The van der Waals surface area contributed by atoms with Crippen molar-refractivity contribution in [1.82, 2.24) is 0 Å². The predicted octanol–water partition coefficient (Wildman–Crippen LogP) is 3.55. The van der Waals surface area contributed by atoms with E-state index < -0.39 is 5.97 Å². The van der Waals surface area contributed by atoms with E-state index in [-0.39, 0.29) is 0 Å². The molecule has 1 rings (SSSR count). The van der Waals surface area contributed by atoms with Crippen molar-refractivity contribution in [3.8, 4) is 0 Å². The highest BCUT2D eigenvalue weighted by Crippen LogP contribution is 2.25. The van der Waals surface area contributed by atoms with E-state index >= 15 is 0 Å². The van der Waals surface area contributed by atoms with Crippen LogP contribution < -0.4 is 5.32 Å². The highest BCUT2D eigenvalue weighted by molar-refractivity contribution is 9.10. The maximum atomic E-state index is 10.5. The summed E-state index contributed by atoms with van der Waals surface area (Å²) in [5, 5.41) is 12.3. The fourth-order valence-electron chi connectivity index (χ4n) is 1.03. The third kappa shape index (κ3) is 3.87. The number of halogens is 2. The van der Waals surface area contributed by atoms with Crippen LogP contribution in [0.3, 0.4) is 0 Å². The molecular weight excluding hydrogens is 293 g/mol. The number of carbonyl (C=O) groups is 1. The van der Waals surface area contributed by atoms with Crippen molar-refractivity contribution in [3.05, 3.63) is 39.3 Å². The second-order valence-corrected chi connectivity index (χ2v) is 4.52. The fourth-order valence-corrected chi connectivity index (χ4v) is 1.58. The van der Waals surface area contributed by atoms with Crippen LogP contribution in [-0.2, 0) is 4.79 Å². The van der Waals surface area contributed by atoms with E-state index in [1.54, 1.807) is 19.1 Å². The SMILES string of the molecule is C/C(=C/CNc1cc(Br)ccc1Cl)C(=O)O. The smallest absolute Gasteiger partial charge is 0.331 e. The molecule has 0 bridgehead atoms. The molecule has 0 radical (unpaired) electrons. The van der Waals surface area contributed by atoms with E-state index in [2.05, 4.69) is 21.2 Å². The Labute approximate surface area is 107 Å². The third-order valence-corrected chi connectivity index (χ3v) is 2.79. The first-order chi connectivity index (χ1) is 7.50. The van der Waals surface area contributed by atoms with Crippen LogP contribution in [0.4, 0.5) is 5.69 Å². The summed E-state index contributed by atoms with van der Waals surface area (Å²) >= 11 is 9.29. The number of anilines is 1. The number of benzene rings is 1. The van der Waals surface area contributed by atoms with Crippen LogP contribution in [0, 0.1) is 0 Å². The monoisotopic (exact) mass is 303 g/mol. The Kier molecular flexibility index (Phi) is 4.83. The standard InChI is InChI=1S/C11H11BrClNO2/c1-7(11(15)16)4-5-14-10-6-8(12)2-3-9(10)13/h2-4,6,14H,5H2,1H3,(H,15,16)/b7-4-. The lowest BCUT2D eigenvalue weighted by molar-refractivity contribution is -0.132. The Morgan fingerprint density at radius 1 is 1.62 bits per heavy atom. The van der Waals surface area contributed by atoms with Gasteiger partial charge < -0.3 is 10.4 Å². The van der Waals surface area contributed by atoms with Gasteiger partial charge >= 0.3 is 5.97 Å². The molecule has 0 aliphatic heterocycles. The first-order valence-corrected chi connectivity index (χ1v) is 5.77. The minimum absolute atomic E-state index is 0.304. The van der Waals surface area contributed by atoms with Gasteiger partial charge in [-0.25, -0.2) is 4.79 Å². The van der Waals surface area contributed by atoms with Gasteiger partial charge in [-0.05, 0) is 25.1 Å². The molecule has 0 unspecified atom stereocenters. The highest BCUT2D eigenvalue weighted by Gasteiger charge is 2.01. The van der Waals surface area contributed by atoms with Crippen molar-refractivity contribution in [1.29, 1.82) is 0 Å². The van der Waals surface area contributed by atoms with Gasteiger partial charge in [0.05, 0.1) is 10.7 Å². The number of rotatable bonds is 4. The van der Waals surface area contributed by atoms with Gasteiger partial charge in [0.25, 0.3) is 0 Å². The van der Waals surface area contributed by atoms with Gasteiger partial charge in [0.1, 0.15) is 0 Å². The van der Waals surface area contributed by atoms with Crippen LogP contribution in [0.1, 0.15) is 6.92 Å². The van der Waals surface area contributed by atoms with Gasteiger partial charge in [-0.1, -0.05) is 33.6 Å². The first-order valence-electron chi connectivity index (χ1n) is 4.59. The van der Waals surface area contributed by atoms with Gasteiger partial charge in [-0.2, -0.15) is 0 Å². The second-order valence-electron chi connectivity index (χ2n) is 3.20. The van der Waals surface area contributed by atoms with Crippen molar-refractivity contribution >= 4 is 39.2 Å². The molecule has 0 heterocycles. The zero-order chi connectivity index (χ0) is 12.1. The molecule has 0 atom stereocenters. The molecule has 0 aromatic heterocycles. The van der Waals surface area contributed by atoms with Crippen LogP contribution in [-0.4, -0.2) is 17.6 Å². The van der Waals surface area contributed by atoms with Crippen LogP contribution in [0.15, 0.2) is 34.3 Å². The third-order valence-electron chi connectivity index (χ3n) is 1.97. The summed E-state index contributed by atoms with van der Waals surface area (Å²) in [6.45, 7) is 1.97. The zero-order valence-corrected chi connectivity index (χ0v) is 11.0. The van der Waals surface area contributed by atoms with Crippen molar-refractivity contribution in [2.75, 3.05) is 11.9 Å².